The first-order valence-corrected chi connectivity index (χ1v) is 18.1. The minimum Gasteiger partial charge on any atom is -0.371 e. The third-order valence-electron chi connectivity index (χ3n) is 9.87. The van der Waals surface area contributed by atoms with E-state index in [1.807, 2.05) is 17.9 Å². The van der Waals surface area contributed by atoms with Gasteiger partial charge in [0.15, 0.2) is 0 Å². The molecule has 2 saturated heterocycles. The maximum Gasteiger partial charge on any atom is 0.421 e. The zero-order valence-corrected chi connectivity index (χ0v) is 29.7. The van der Waals surface area contributed by atoms with Crippen molar-refractivity contribution in [2.24, 2.45) is 0 Å². The number of carbonyl (C=O) groups is 1. The second-order valence-electron chi connectivity index (χ2n) is 13.3. The number of alkyl halides is 3. The molecule has 0 atom stereocenters. The quantitative estimate of drug-likeness (QED) is 0.184. The van der Waals surface area contributed by atoms with Crippen LogP contribution in [0, 0.1) is 0 Å². The van der Waals surface area contributed by atoms with E-state index in [4.69, 9.17) is 0 Å². The number of carbonyl (C=O) groups excluding carboxylic acids is 1. The van der Waals surface area contributed by atoms with Gasteiger partial charge in [-0.1, -0.05) is 40.5 Å². The second kappa shape index (κ2) is 18.0. The van der Waals surface area contributed by atoms with E-state index in [2.05, 4.69) is 75.3 Å². The number of rotatable bonds is 16. The molecule has 2 aliphatic rings. The number of hydrogen-bond donors (Lipinski definition) is 2. The van der Waals surface area contributed by atoms with Crippen LogP contribution in [-0.4, -0.2) is 102 Å². The summed E-state index contributed by atoms with van der Waals surface area (Å²) in [5.74, 6) is -0.0705. The van der Waals surface area contributed by atoms with Gasteiger partial charge in [-0.25, -0.2) is 4.98 Å². The Kier molecular flexibility index (Phi) is 14.2. The van der Waals surface area contributed by atoms with Crippen LogP contribution in [0.3, 0.4) is 0 Å². The Bertz CT molecular complexity index is 1290. The number of piperazine rings is 1. The van der Waals surface area contributed by atoms with Crippen molar-refractivity contribution in [3.05, 3.63) is 35.5 Å². The number of hydrogen-bond acceptors (Lipinski definition) is 8. The lowest BCUT2D eigenvalue weighted by Crippen LogP contribution is -2.52. The molecule has 2 fully saturated rings. The maximum atomic E-state index is 14.0. The van der Waals surface area contributed by atoms with Crippen molar-refractivity contribution in [3.63, 3.8) is 0 Å². The van der Waals surface area contributed by atoms with Crippen molar-refractivity contribution in [3.8, 4) is 0 Å². The molecule has 1 aromatic carbocycles. The molecule has 9 nitrogen and oxygen atoms in total. The van der Waals surface area contributed by atoms with Crippen molar-refractivity contribution in [2.45, 2.75) is 104 Å². The number of halogens is 3. The summed E-state index contributed by atoms with van der Waals surface area (Å²) in [7, 11) is 2.19. The molecule has 4 rings (SSSR count). The van der Waals surface area contributed by atoms with E-state index in [1.165, 1.54) is 5.69 Å². The molecule has 12 heteroatoms. The van der Waals surface area contributed by atoms with Crippen LogP contribution in [0.5, 0.6) is 0 Å². The van der Waals surface area contributed by atoms with E-state index in [-0.39, 0.29) is 30.3 Å². The number of nitrogens with zero attached hydrogens (tertiary/aromatic N) is 6. The highest BCUT2D eigenvalue weighted by molar-refractivity contribution is 5.76. The van der Waals surface area contributed by atoms with Gasteiger partial charge in [0, 0.05) is 88.4 Å². The van der Waals surface area contributed by atoms with Gasteiger partial charge in [0.2, 0.25) is 11.9 Å². The number of aryl methyl sites for hydroxylation is 1. The summed E-state index contributed by atoms with van der Waals surface area (Å²) in [6.45, 7) is 15.4. The van der Waals surface area contributed by atoms with E-state index in [1.54, 1.807) is 0 Å². The number of anilines is 4. The molecular weight excluding hydrogens is 617 g/mol. The number of likely N-dealkylation sites (N-methyl/N-ethyl adjacent to an activating group) is 1. The Morgan fingerprint density at radius 2 is 1.71 bits per heavy atom. The molecule has 1 aromatic heterocycles. The monoisotopic (exact) mass is 674 g/mol. The molecule has 1 amide bonds. The summed E-state index contributed by atoms with van der Waals surface area (Å²) in [5.41, 5.74) is 2.10. The number of piperidine rings is 1. The Morgan fingerprint density at radius 1 is 1.02 bits per heavy atom. The predicted octanol–water partition coefficient (Wildman–Crippen LogP) is 7.03. The highest BCUT2D eigenvalue weighted by Crippen LogP contribution is 2.35. The molecule has 2 aliphatic heterocycles. The van der Waals surface area contributed by atoms with E-state index >= 15 is 0 Å². The first-order valence-electron chi connectivity index (χ1n) is 18.1. The lowest BCUT2D eigenvalue weighted by molar-refractivity contribution is -0.137. The lowest BCUT2D eigenvalue weighted by atomic mass is 10.0. The minimum atomic E-state index is -4.60. The smallest absolute Gasteiger partial charge is 0.371 e. The molecule has 0 saturated carbocycles. The maximum absolute atomic E-state index is 14.0. The van der Waals surface area contributed by atoms with Crippen LogP contribution in [0.15, 0.2) is 24.4 Å². The number of benzene rings is 1. The Labute approximate surface area is 285 Å². The van der Waals surface area contributed by atoms with Gasteiger partial charge < -0.3 is 25.3 Å². The first-order chi connectivity index (χ1) is 23.1. The van der Waals surface area contributed by atoms with Gasteiger partial charge >= 0.3 is 6.18 Å². The van der Waals surface area contributed by atoms with E-state index in [0.29, 0.717) is 25.4 Å². The molecular formula is C36H57F3N8O. The highest BCUT2D eigenvalue weighted by Gasteiger charge is 2.35. The number of amides is 1. The molecule has 0 spiro atoms. The molecule has 2 N–H and O–H groups in total. The summed E-state index contributed by atoms with van der Waals surface area (Å²) in [5, 5.41) is 6.10. The summed E-state index contributed by atoms with van der Waals surface area (Å²) < 4.78 is 41.9. The zero-order chi connectivity index (χ0) is 34.7. The number of nitrogens with one attached hydrogen (secondary N) is 2. The van der Waals surface area contributed by atoms with Gasteiger partial charge in [-0.3, -0.25) is 9.69 Å². The van der Waals surface area contributed by atoms with E-state index < -0.39 is 11.7 Å². The fourth-order valence-corrected chi connectivity index (χ4v) is 7.06. The van der Waals surface area contributed by atoms with Crippen LogP contribution in [-0.2, 0) is 17.4 Å². The molecule has 268 valence electrons. The van der Waals surface area contributed by atoms with Crippen LogP contribution in [0.2, 0.25) is 0 Å². The van der Waals surface area contributed by atoms with Gasteiger partial charge in [0.1, 0.15) is 11.4 Å². The van der Waals surface area contributed by atoms with Crippen LogP contribution in [0.1, 0.15) is 90.2 Å². The van der Waals surface area contributed by atoms with Gasteiger partial charge in [-0.15, -0.1) is 0 Å². The fraction of sp³-hybridized carbons (Fsp3) is 0.694. The third kappa shape index (κ3) is 10.2. The molecule has 2 aromatic rings. The fourth-order valence-electron chi connectivity index (χ4n) is 7.06. The van der Waals surface area contributed by atoms with Crippen molar-refractivity contribution in [2.75, 3.05) is 74.9 Å². The molecule has 48 heavy (non-hydrogen) atoms. The van der Waals surface area contributed by atoms with E-state index in [0.717, 1.165) is 102 Å². The lowest BCUT2D eigenvalue weighted by Gasteiger charge is -2.42. The van der Waals surface area contributed by atoms with Gasteiger partial charge in [-0.2, -0.15) is 18.2 Å². The predicted molar refractivity (Wildman–Crippen MR) is 189 cm³/mol. The topological polar surface area (TPSA) is 79.9 Å². The average molecular weight is 675 g/mol. The van der Waals surface area contributed by atoms with E-state index in [9.17, 15) is 18.0 Å². The normalized spacial score (nSPS) is 16.8. The van der Waals surface area contributed by atoms with Gasteiger partial charge in [0.05, 0.1) is 0 Å². The van der Waals surface area contributed by atoms with Crippen molar-refractivity contribution in [1.82, 2.24) is 24.7 Å². The van der Waals surface area contributed by atoms with Gasteiger partial charge in [0.25, 0.3) is 0 Å². The standard InChI is InChI=1S/C36H57F3N8O/c1-6-11-29(12-7-2)47(33(48)9-4)18-10-17-40-34-31(36(37,38)39)26-41-35(43-34)42-32-14-13-30(25-27(32)8-3)45-19-15-28(16-20-45)46-23-21-44(5)22-24-46/h13-14,25-26,28-29H,6-12,15-24H2,1-5H3,(H2,40,41,42,43). The summed E-state index contributed by atoms with van der Waals surface area (Å²) in [6.07, 6.45) is 3.98. The third-order valence-corrected chi connectivity index (χ3v) is 9.87. The molecule has 0 bridgehead atoms. The minimum absolute atomic E-state index is 0.0827. The first kappa shape index (κ1) is 37.7. The van der Waals surface area contributed by atoms with Crippen molar-refractivity contribution in [1.29, 1.82) is 0 Å². The molecule has 0 aliphatic carbocycles. The summed E-state index contributed by atoms with van der Waals surface area (Å²) in [6, 6.07) is 7.03. The summed E-state index contributed by atoms with van der Waals surface area (Å²) in [4.78, 5) is 30.5. The van der Waals surface area contributed by atoms with Crippen LogP contribution in [0.25, 0.3) is 0 Å². The molecule has 3 heterocycles. The zero-order valence-electron chi connectivity index (χ0n) is 29.7. The Morgan fingerprint density at radius 3 is 2.31 bits per heavy atom. The summed E-state index contributed by atoms with van der Waals surface area (Å²) >= 11 is 0. The van der Waals surface area contributed by atoms with Crippen LogP contribution >= 0.6 is 0 Å². The average Bonchev–Trinajstić information content (AvgIpc) is 3.08. The van der Waals surface area contributed by atoms with Crippen LogP contribution < -0.4 is 15.5 Å². The largest absolute Gasteiger partial charge is 0.421 e. The Balaban J connectivity index is 1.40. The van der Waals surface area contributed by atoms with Crippen molar-refractivity contribution < 1.29 is 18.0 Å². The van der Waals surface area contributed by atoms with Gasteiger partial charge in [-0.05, 0) is 69.3 Å². The number of aromatic nitrogens is 2. The SMILES string of the molecule is CCCC(CCC)N(CCCNc1nc(Nc2ccc(N3CCC(N4CCN(C)CC4)CC3)cc2CC)ncc1C(F)(F)F)C(=O)CC. The van der Waals surface area contributed by atoms with Crippen LogP contribution in [0.4, 0.5) is 36.3 Å². The highest BCUT2D eigenvalue weighted by atomic mass is 19.4. The van der Waals surface area contributed by atoms with Crippen molar-refractivity contribution >= 4 is 29.0 Å². The Hall–Kier alpha value is -3.12. The second-order valence-corrected chi connectivity index (χ2v) is 13.3. The molecule has 0 radical (unpaired) electrons. The molecule has 0 unspecified atom stereocenters.